The molecule has 0 fully saturated rings. The summed E-state index contributed by atoms with van der Waals surface area (Å²) in [5, 5.41) is 2.60. The molecule has 0 bridgehead atoms. The van der Waals surface area contributed by atoms with Crippen molar-refractivity contribution in [2.45, 2.75) is 18.7 Å². The van der Waals surface area contributed by atoms with Gasteiger partial charge < -0.3 is 5.32 Å². The summed E-state index contributed by atoms with van der Waals surface area (Å²) in [5.41, 5.74) is 0.404. The third-order valence-corrected chi connectivity index (χ3v) is 6.26. The number of rotatable bonds is 9. The van der Waals surface area contributed by atoms with Gasteiger partial charge in [0.2, 0.25) is 15.9 Å². The van der Waals surface area contributed by atoms with E-state index in [9.17, 15) is 26.4 Å². The Balaban J connectivity index is 1.95. The fourth-order valence-electron chi connectivity index (χ4n) is 2.62. The Labute approximate surface area is 172 Å². The number of halogens is 3. The second kappa shape index (κ2) is 10.0. The highest BCUT2D eigenvalue weighted by Gasteiger charge is 2.29. The molecule has 0 heterocycles. The Hall–Kier alpha value is -2.20. The molecule has 0 spiro atoms. The molecule has 2 rings (SSSR count). The Kier molecular flexibility index (Phi) is 7.97. The lowest BCUT2D eigenvalue weighted by atomic mass is 10.2. The van der Waals surface area contributed by atoms with Crippen molar-refractivity contribution >= 4 is 33.4 Å². The van der Waals surface area contributed by atoms with Crippen molar-refractivity contribution in [2.24, 2.45) is 0 Å². The number of nitrogens with one attached hydrogen (secondary N) is 1. The Bertz CT molecular complexity index is 971. The van der Waals surface area contributed by atoms with Crippen molar-refractivity contribution in [2.75, 3.05) is 22.9 Å². The van der Waals surface area contributed by atoms with Gasteiger partial charge in [0, 0.05) is 24.1 Å². The minimum Gasteiger partial charge on any atom is -0.353 e. The van der Waals surface area contributed by atoms with Crippen LogP contribution in [0.1, 0.15) is 12.5 Å². The highest BCUT2D eigenvalue weighted by molar-refractivity contribution is 7.98. The second-order valence-corrected chi connectivity index (χ2v) is 9.23. The number of carbonyl (C=O) groups is 1. The van der Waals surface area contributed by atoms with Crippen LogP contribution in [0.3, 0.4) is 0 Å². The molecule has 1 atom stereocenters. The number of amides is 1. The topological polar surface area (TPSA) is 66.5 Å². The highest BCUT2D eigenvalue weighted by atomic mass is 32.2. The number of sulfonamides is 1. The lowest BCUT2D eigenvalue weighted by Crippen LogP contribution is -2.48. The van der Waals surface area contributed by atoms with Gasteiger partial charge in [0.05, 0.1) is 11.9 Å². The molecular formula is C19H21F3N2O3S2. The highest BCUT2D eigenvalue weighted by Crippen LogP contribution is 2.23. The van der Waals surface area contributed by atoms with Crippen LogP contribution in [0.15, 0.2) is 42.5 Å². The lowest BCUT2D eigenvalue weighted by Gasteiger charge is -2.28. The third-order valence-electron chi connectivity index (χ3n) is 4.01. The zero-order chi connectivity index (χ0) is 21.6. The van der Waals surface area contributed by atoms with E-state index in [1.54, 1.807) is 18.2 Å². The minimum absolute atomic E-state index is 0.150. The van der Waals surface area contributed by atoms with Crippen molar-refractivity contribution in [3.63, 3.8) is 0 Å². The van der Waals surface area contributed by atoms with Crippen LogP contribution in [-0.2, 0) is 20.6 Å². The van der Waals surface area contributed by atoms with E-state index in [1.165, 1.54) is 24.8 Å². The van der Waals surface area contributed by atoms with Crippen molar-refractivity contribution in [1.82, 2.24) is 5.32 Å². The monoisotopic (exact) mass is 446 g/mol. The van der Waals surface area contributed by atoms with E-state index >= 15 is 0 Å². The maximum absolute atomic E-state index is 13.6. The van der Waals surface area contributed by atoms with Gasteiger partial charge in [0.15, 0.2) is 11.6 Å². The van der Waals surface area contributed by atoms with Gasteiger partial charge in [-0.3, -0.25) is 9.10 Å². The first-order valence-electron chi connectivity index (χ1n) is 8.64. The first-order chi connectivity index (χ1) is 13.6. The van der Waals surface area contributed by atoms with E-state index in [-0.39, 0.29) is 18.0 Å². The molecule has 29 heavy (non-hydrogen) atoms. The predicted molar refractivity (Wildman–Crippen MR) is 109 cm³/mol. The molecule has 5 nitrogen and oxygen atoms in total. The van der Waals surface area contributed by atoms with Crippen molar-refractivity contribution in [1.29, 1.82) is 0 Å². The van der Waals surface area contributed by atoms with Crippen molar-refractivity contribution < 1.29 is 26.4 Å². The maximum atomic E-state index is 13.6. The van der Waals surface area contributed by atoms with Gasteiger partial charge in [-0.2, -0.15) is 11.8 Å². The van der Waals surface area contributed by atoms with Crippen molar-refractivity contribution in [3.05, 3.63) is 65.5 Å². The standard InChI is InChI=1S/C19H21F3N2O3S2/c1-13(24(29(2,26)27)15-7-8-17(21)18(22)11-15)19(25)23-9-10-28-12-14-5-3-4-6-16(14)20/h3-8,11,13H,9-10,12H2,1-2H3,(H,23,25)/t13-/m1/s1. The van der Waals surface area contributed by atoms with Gasteiger partial charge in [-0.25, -0.2) is 21.6 Å². The average molecular weight is 447 g/mol. The van der Waals surface area contributed by atoms with Crippen molar-refractivity contribution in [3.8, 4) is 0 Å². The Morgan fingerprint density at radius 2 is 1.79 bits per heavy atom. The SMILES string of the molecule is C[C@H](C(=O)NCCSCc1ccccc1F)N(c1ccc(F)c(F)c1)S(C)(=O)=O. The normalized spacial score (nSPS) is 12.4. The van der Waals surface area contributed by atoms with Crippen LogP contribution in [0.25, 0.3) is 0 Å². The van der Waals surface area contributed by atoms with Gasteiger partial charge in [-0.05, 0) is 30.7 Å². The molecule has 0 saturated carbocycles. The van der Waals surface area contributed by atoms with Crippen LogP contribution < -0.4 is 9.62 Å². The van der Waals surface area contributed by atoms with Crippen LogP contribution in [0.2, 0.25) is 0 Å². The molecule has 0 aromatic heterocycles. The molecule has 10 heteroatoms. The van der Waals surface area contributed by atoms with Gasteiger partial charge >= 0.3 is 0 Å². The number of hydrogen-bond acceptors (Lipinski definition) is 4. The largest absolute Gasteiger partial charge is 0.353 e. The van der Waals surface area contributed by atoms with E-state index in [4.69, 9.17) is 0 Å². The zero-order valence-corrected chi connectivity index (χ0v) is 17.5. The minimum atomic E-state index is -3.93. The lowest BCUT2D eigenvalue weighted by molar-refractivity contribution is -0.121. The summed E-state index contributed by atoms with van der Waals surface area (Å²) in [5.74, 6) is -2.31. The fraction of sp³-hybridized carbons (Fsp3) is 0.316. The summed E-state index contributed by atoms with van der Waals surface area (Å²) in [6.07, 6.45) is 0.877. The number of thioether (sulfide) groups is 1. The van der Waals surface area contributed by atoms with Crippen LogP contribution >= 0.6 is 11.8 Å². The van der Waals surface area contributed by atoms with E-state index in [0.717, 1.165) is 28.8 Å². The molecule has 2 aromatic carbocycles. The molecule has 1 amide bonds. The van der Waals surface area contributed by atoms with Gasteiger partial charge in [-0.1, -0.05) is 18.2 Å². The molecule has 0 radical (unpaired) electrons. The molecule has 158 valence electrons. The molecular weight excluding hydrogens is 425 g/mol. The predicted octanol–water partition coefficient (Wildman–Crippen LogP) is 3.31. The summed E-state index contributed by atoms with van der Waals surface area (Å²) in [7, 11) is -3.93. The van der Waals surface area contributed by atoms with Gasteiger partial charge in [-0.15, -0.1) is 0 Å². The molecule has 0 aliphatic heterocycles. The second-order valence-electron chi connectivity index (χ2n) is 6.27. The molecule has 0 saturated heterocycles. The summed E-state index contributed by atoms with van der Waals surface area (Å²) in [6.45, 7) is 1.59. The first-order valence-corrected chi connectivity index (χ1v) is 11.6. The van der Waals surface area contributed by atoms with Crippen LogP contribution in [0.4, 0.5) is 18.9 Å². The smallest absolute Gasteiger partial charge is 0.243 e. The van der Waals surface area contributed by atoms with E-state index in [2.05, 4.69) is 5.32 Å². The third kappa shape index (κ3) is 6.40. The Morgan fingerprint density at radius 1 is 1.10 bits per heavy atom. The molecule has 0 aliphatic carbocycles. The van der Waals surface area contributed by atoms with Crippen LogP contribution in [0, 0.1) is 17.5 Å². The maximum Gasteiger partial charge on any atom is 0.243 e. The van der Waals surface area contributed by atoms with Gasteiger partial charge in [0.25, 0.3) is 0 Å². The van der Waals surface area contributed by atoms with Gasteiger partial charge in [0.1, 0.15) is 11.9 Å². The van der Waals surface area contributed by atoms with Crippen LogP contribution in [-0.4, -0.2) is 38.9 Å². The summed E-state index contributed by atoms with van der Waals surface area (Å²) in [4.78, 5) is 12.4. The summed E-state index contributed by atoms with van der Waals surface area (Å²) < 4.78 is 65.2. The first kappa shape index (κ1) is 23.1. The summed E-state index contributed by atoms with van der Waals surface area (Å²) >= 11 is 1.41. The molecule has 0 aliphatic rings. The number of hydrogen-bond donors (Lipinski definition) is 1. The Morgan fingerprint density at radius 3 is 2.41 bits per heavy atom. The number of anilines is 1. The van der Waals surface area contributed by atoms with E-state index in [0.29, 0.717) is 17.1 Å². The van der Waals surface area contributed by atoms with E-state index in [1.807, 2.05) is 0 Å². The number of benzene rings is 2. The fourth-order valence-corrected chi connectivity index (χ4v) is 4.63. The van der Waals surface area contributed by atoms with E-state index < -0.39 is 33.6 Å². The zero-order valence-electron chi connectivity index (χ0n) is 15.9. The molecule has 0 unspecified atom stereocenters. The average Bonchev–Trinajstić information content (AvgIpc) is 2.64. The molecule has 2 aromatic rings. The number of carbonyl (C=O) groups excluding carboxylic acids is 1. The number of nitrogens with zero attached hydrogens (tertiary/aromatic N) is 1. The van der Waals surface area contributed by atoms with Crippen LogP contribution in [0.5, 0.6) is 0 Å². The molecule has 1 N–H and O–H groups in total. The summed E-state index contributed by atoms with van der Waals surface area (Å²) in [6, 6.07) is 7.83. The quantitative estimate of drug-likeness (QED) is 0.601.